The van der Waals surface area contributed by atoms with Crippen LogP contribution in [-0.2, 0) is 9.48 Å². The van der Waals surface area contributed by atoms with Crippen LogP contribution in [0.4, 0.5) is 0 Å². The Morgan fingerprint density at radius 2 is 2.00 bits per heavy atom. The summed E-state index contributed by atoms with van der Waals surface area (Å²) in [7, 11) is 0. The summed E-state index contributed by atoms with van der Waals surface area (Å²) in [5.74, 6) is 0. The van der Waals surface area contributed by atoms with Crippen LogP contribution >= 0.6 is 28.6 Å². The summed E-state index contributed by atoms with van der Waals surface area (Å²) in [5, 5.41) is 0. The van der Waals surface area contributed by atoms with Crippen LogP contribution < -0.4 is 0 Å². The van der Waals surface area contributed by atoms with Crippen molar-refractivity contribution in [2.75, 3.05) is 13.2 Å². The molecular formula is C9H9BrOS. The van der Waals surface area contributed by atoms with E-state index in [2.05, 4.69) is 34.6 Å². The average Bonchev–Trinajstić information content (AvgIpc) is 2.01. The minimum absolute atomic E-state index is 0.0694. The van der Waals surface area contributed by atoms with Crippen LogP contribution in [0, 0.1) is 0 Å². The number of benzene rings is 1. The van der Waals surface area contributed by atoms with Gasteiger partial charge in [0.25, 0.3) is 0 Å². The summed E-state index contributed by atoms with van der Waals surface area (Å²) in [4.78, 5) is 0. The predicted octanol–water partition coefficient (Wildman–Crippen LogP) is 2.60. The largest absolute Gasteiger partial charge is 0.378 e. The molecule has 0 radical (unpaired) electrons. The molecule has 1 saturated heterocycles. The molecule has 1 nitrogen and oxygen atoms in total. The summed E-state index contributed by atoms with van der Waals surface area (Å²) in [6.45, 7) is 1.41. The molecule has 64 valence electrons. The van der Waals surface area contributed by atoms with E-state index in [1.54, 1.807) is 0 Å². The summed E-state index contributed by atoms with van der Waals surface area (Å²) < 4.78 is 6.19. The minimum atomic E-state index is -0.0694. The fourth-order valence-electron chi connectivity index (χ4n) is 1.29. The Morgan fingerprint density at radius 3 is 2.50 bits per heavy atom. The fraction of sp³-hybridized carbons (Fsp3) is 0.333. The van der Waals surface area contributed by atoms with Crippen molar-refractivity contribution in [1.82, 2.24) is 0 Å². The van der Waals surface area contributed by atoms with Gasteiger partial charge in [-0.05, 0) is 11.6 Å². The number of halogens is 1. The van der Waals surface area contributed by atoms with E-state index < -0.39 is 0 Å². The van der Waals surface area contributed by atoms with Gasteiger partial charge in [0, 0.05) is 4.47 Å². The number of hydrogen-bond acceptors (Lipinski definition) is 2. The highest BCUT2D eigenvalue weighted by molar-refractivity contribution is 9.10. The third kappa shape index (κ3) is 1.30. The molecule has 1 aliphatic heterocycles. The second-order valence-electron chi connectivity index (χ2n) is 3.00. The lowest BCUT2D eigenvalue weighted by molar-refractivity contribution is -0.00999. The predicted molar refractivity (Wildman–Crippen MR) is 55.6 cm³/mol. The van der Waals surface area contributed by atoms with Crippen LogP contribution in [0.2, 0.25) is 0 Å². The quantitative estimate of drug-likeness (QED) is 0.748. The van der Waals surface area contributed by atoms with Crippen molar-refractivity contribution < 1.29 is 4.74 Å². The highest BCUT2D eigenvalue weighted by Gasteiger charge is 2.37. The van der Waals surface area contributed by atoms with Gasteiger partial charge in [-0.3, -0.25) is 0 Å². The second-order valence-corrected chi connectivity index (χ2v) is 4.71. The SMILES string of the molecule is SC1(c2ccccc2Br)COC1. The first kappa shape index (κ1) is 8.60. The van der Waals surface area contributed by atoms with Crippen LogP contribution in [0.3, 0.4) is 0 Å². The second kappa shape index (κ2) is 3.05. The molecule has 1 aliphatic rings. The third-order valence-corrected chi connectivity index (χ3v) is 3.25. The smallest absolute Gasteiger partial charge is 0.0855 e. The van der Waals surface area contributed by atoms with Gasteiger partial charge >= 0.3 is 0 Å². The molecule has 0 saturated carbocycles. The molecule has 1 heterocycles. The van der Waals surface area contributed by atoms with Gasteiger partial charge in [0.2, 0.25) is 0 Å². The van der Waals surface area contributed by atoms with Gasteiger partial charge in [0.1, 0.15) is 0 Å². The van der Waals surface area contributed by atoms with Gasteiger partial charge in [-0.25, -0.2) is 0 Å². The molecule has 12 heavy (non-hydrogen) atoms. The van der Waals surface area contributed by atoms with Gasteiger partial charge in [0.15, 0.2) is 0 Å². The van der Waals surface area contributed by atoms with Crippen LogP contribution in [0.1, 0.15) is 5.56 Å². The van der Waals surface area contributed by atoms with E-state index >= 15 is 0 Å². The van der Waals surface area contributed by atoms with E-state index in [0.29, 0.717) is 13.2 Å². The van der Waals surface area contributed by atoms with Crippen LogP contribution in [0.25, 0.3) is 0 Å². The Hall–Kier alpha value is 0.01000. The zero-order valence-electron chi connectivity index (χ0n) is 6.46. The van der Waals surface area contributed by atoms with E-state index in [-0.39, 0.29) is 4.75 Å². The molecule has 3 heteroatoms. The first-order valence-corrected chi connectivity index (χ1v) is 5.01. The summed E-state index contributed by atoms with van der Waals surface area (Å²) in [6.07, 6.45) is 0. The highest BCUT2D eigenvalue weighted by atomic mass is 79.9. The topological polar surface area (TPSA) is 9.23 Å². The van der Waals surface area contributed by atoms with Crippen molar-refractivity contribution >= 4 is 28.6 Å². The lowest BCUT2D eigenvalue weighted by Gasteiger charge is -2.38. The zero-order valence-corrected chi connectivity index (χ0v) is 8.94. The molecule has 1 fully saturated rings. The van der Waals surface area contributed by atoms with Crippen LogP contribution in [-0.4, -0.2) is 13.2 Å². The van der Waals surface area contributed by atoms with Gasteiger partial charge < -0.3 is 4.74 Å². The Morgan fingerprint density at radius 1 is 1.33 bits per heavy atom. The van der Waals surface area contributed by atoms with Crippen LogP contribution in [0.5, 0.6) is 0 Å². The number of ether oxygens (including phenoxy) is 1. The molecule has 0 bridgehead atoms. The molecule has 0 aliphatic carbocycles. The van der Waals surface area contributed by atoms with Gasteiger partial charge in [-0.1, -0.05) is 34.1 Å². The first-order chi connectivity index (χ1) is 5.72. The molecule has 0 amide bonds. The van der Waals surface area contributed by atoms with Gasteiger partial charge in [-0.15, -0.1) is 0 Å². The summed E-state index contributed by atoms with van der Waals surface area (Å²) in [6, 6.07) is 8.14. The van der Waals surface area contributed by atoms with E-state index in [1.165, 1.54) is 5.56 Å². The lowest BCUT2D eigenvalue weighted by Crippen LogP contribution is -2.41. The monoisotopic (exact) mass is 244 g/mol. The Bertz CT molecular complexity index is 296. The first-order valence-electron chi connectivity index (χ1n) is 3.77. The van der Waals surface area contributed by atoms with Crippen molar-refractivity contribution in [1.29, 1.82) is 0 Å². The maximum atomic E-state index is 5.15. The van der Waals surface area contributed by atoms with E-state index in [9.17, 15) is 0 Å². The molecule has 1 aromatic rings. The Labute approximate surface area is 85.7 Å². The zero-order chi connectivity index (χ0) is 8.60. The number of rotatable bonds is 1. The highest BCUT2D eigenvalue weighted by Crippen LogP contribution is 2.39. The van der Waals surface area contributed by atoms with E-state index in [0.717, 1.165) is 4.47 Å². The molecular weight excluding hydrogens is 236 g/mol. The maximum Gasteiger partial charge on any atom is 0.0855 e. The normalized spacial score (nSPS) is 20.2. The van der Waals surface area contributed by atoms with Crippen molar-refractivity contribution in [2.45, 2.75) is 4.75 Å². The Kier molecular flexibility index (Phi) is 2.19. The molecule has 0 atom stereocenters. The third-order valence-electron chi connectivity index (χ3n) is 2.06. The molecule has 0 N–H and O–H groups in total. The standard InChI is InChI=1S/C9H9BrOS/c10-8-4-2-1-3-7(8)9(12)5-11-6-9/h1-4,12H,5-6H2. The van der Waals surface area contributed by atoms with Gasteiger partial charge in [0.05, 0.1) is 18.0 Å². The van der Waals surface area contributed by atoms with E-state index in [1.807, 2.05) is 18.2 Å². The Balaban J connectivity index is 2.39. The summed E-state index contributed by atoms with van der Waals surface area (Å²) in [5.41, 5.74) is 1.22. The minimum Gasteiger partial charge on any atom is -0.378 e. The summed E-state index contributed by atoms with van der Waals surface area (Å²) >= 11 is 8.08. The molecule has 0 spiro atoms. The molecule has 1 aromatic carbocycles. The molecule has 0 aromatic heterocycles. The molecule has 0 unspecified atom stereocenters. The van der Waals surface area contributed by atoms with Crippen LogP contribution in [0.15, 0.2) is 28.7 Å². The number of hydrogen-bond donors (Lipinski definition) is 1. The average molecular weight is 245 g/mol. The van der Waals surface area contributed by atoms with E-state index in [4.69, 9.17) is 4.74 Å². The molecule has 2 rings (SSSR count). The van der Waals surface area contributed by atoms with Gasteiger partial charge in [-0.2, -0.15) is 12.6 Å². The van der Waals surface area contributed by atoms with Crippen molar-refractivity contribution in [2.24, 2.45) is 0 Å². The van der Waals surface area contributed by atoms with Crippen molar-refractivity contribution in [3.05, 3.63) is 34.3 Å². The van der Waals surface area contributed by atoms with Crippen molar-refractivity contribution in [3.63, 3.8) is 0 Å². The lowest BCUT2D eigenvalue weighted by atomic mass is 9.96. The maximum absolute atomic E-state index is 5.15. The van der Waals surface area contributed by atoms with Crippen molar-refractivity contribution in [3.8, 4) is 0 Å². The number of thiol groups is 1. The fourth-order valence-corrected chi connectivity index (χ4v) is 2.48.